The van der Waals surface area contributed by atoms with Crippen LogP contribution in [0.3, 0.4) is 0 Å². The molecule has 0 aromatic rings. The summed E-state index contributed by atoms with van der Waals surface area (Å²) in [6, 6.07) is 0. The van der Waals surface area contributed by atoms with Crippen molar-refractivity contribution >= 4 is 29.8 Å². The van der Waals surface area contributed by atoms with Gasteiger partial charge in [-0.25, -0.2) is 0 Å². The van der Waals surface area contributed by atoms with Crippen LogP contribution in [0.1, 0.15) is 104 Å². The lowest BCUT2D eigenvalue weighted by Gasteiger charge is -2.32. The van der Waals surface area contributed by atoms with Gasteiger partial charge in [-0.15, -0.1) is 0 Å². The van der Waals surface area contributed by atoms with Crippen molar-refractivity contribution in [3.05, 3.63) is 0 Å². The average Bonchev–Trinajstić information content (AvgIpc) is 3.09. The molecule has 0 saturated carbocycles. The molecule has 5 atom stereocenters. The molecule has 0 aliphatic carbocycles. The van der Waals surface area contributed by atoms with E-state index in [0.29, 0.717) is 0 Å². The standard InChI is InChI=1S/C31H52O11/c1-27(2,3)22(32)37-16-17(38-23(33)28(4,5)6)18-19(40-24(34)29(7,8)9)20(41-25(35)30(10,11)12)21(39-18)42-26(36)31(13,14)15/h17-21H,16H2,1-15H3/t17-,18+,19+,20-,21?/m1/s1. The maximum Gasteiger partial charge on any atom is 0.313 e. The van der Waals surface area contributed by atoms with Gasteiger partial charge in [-0.1, -0.05) is 0 Å². The molecule has 1 heterocycles. The van der Waals surface area contributed by atoms with Gasteiger partial charge in [-0.05, 0) is 104 Å². The molecule has 0 radical (unpaired) electrons. The summed E-state index contributed by atoms with van der Waals surface area (Å²) in [6.07, 6.45) is -7.01. The van der Waals surface area contributed by atoms with Crippen molar-refractivity contribution in [1.82, 2.24) is 0 Å². The number of rotatable bonds is 7. The molecule has 1 rings (SSSR count). The van der Waals surface area contributed by atoms with Crippen LogP contribution in [-0.2, 0) is 52.4 Å². The van der Waals surface area contributed by atoms with Crippen LogP contribution in [0.2, 0.25) is 0 Å². The summed E-state index contributed by atoms with van der Waals surface area (Å²) in [7, 11) is 0. The fraction of sp³-hybridized carbons (Fsp3) is 0.839. The van der Waals surface area contributed by atoms with E-state index in [4.69, 9.17) is 28.4 Å². The van der Waals surface area contributed by atoms with Crippen molar-refractivity contribution in [2.45, 2.75) is 135 Å². The molecule has 0 spiro atoms. The third kappa shape index (κ3) is 10.5. The maximum absolute atomic E-state index is 13.2. The minimum Gasteiger partial charge on any atom is -0.461 e. The second-order valence-electron chi connectivity index (χ2n) is 15.9. The molecule has 1 saturated heterocycles. The van der Waals surface area contributed by atoms with Gasteiger partial charge in [0.1, 0.15) is 12.7 Å². The van der Waals surface area contributed by atoms with Gasteiger partial charge >= 0.3 is 29.8 Å². The Balaban J connectivity index is 3.73. The average molecular weight is 601 g/mol. The monoisotopic (exact) mass is 600 g/mol. The molecule has 1 aliphatic rings. The molecule has 1 fully saturated rings. The Morgan fingerprint density at radius 2 is 0.881 bits per heavy atom. The number of carbonyl (C=O) groups excluding carboxylic acids is 5. The lowest BCUT2D eigenvalue weighted by molar-refractivity contribution is -0.214. The van der Waals surface area contributed by atoms with Crippen molar-refractivity contribution in [2.75, 3.05) is 6.61 Å². The summed E-state index contributed by atoms with van der Waals surface area (Å²) in [4.78, 5) is 64.9. The van der Waals surface area contributed by atoms with Crippen LogP contribution >= 0.6 is 0 Å². The maximum atomic E-state index is 13.2. The summed E-state index contributed by atoms with van der Waals surface area (Å²) in [5, 5.41) is 0. The summed E-state index contributed by atoms with van der Waals surface area (Å²) in [5.74, 6) is -3.25. The Bertz CT molecular complexity index is 1010. The predicted octanol–water partition coefficient (Wildman–Crippen LogP) is 4.76. The highest BCUT2D eigenvalue weighted by Crippen LogP contribution is 2.36. The second-order valence-corrected chi connectivity index (χ2v) is 15.9. The second kappa shape index (κ2) is 12.9. The zero-order valence-electron chi connectivity index (χ0n) is 28.1. The first-order valence-electron chi connectivity index (χ1n) is 14.2. The van der Waals surface area contributed by atoms with Gasteiger partial charge in [0.25, 0.3) is 0 Å². The predicted molar refractivity (Wildman–Crippen MR) is 153 cm³/mol. The van der Waals surface area contributed by atoms with E-state index in [0.717, 1.165) is 0 Å². The molecular formula is C31H52O11. The van der Waals surface area contributed by atoms with E-state index in [-0.39, 0.29) is 0 Å². The summed E-state index contributed by atoms with van der Waals surface area (Å²) in [6.45, 7) is 24.1. The Morgan fingerprint density at radius 1 is 0.524 bits per heavy atom. The molecule has 242 valence electrons. The highest BCUT2D eigenvalue weighted by molar-refractivity contribution is 5.78. The third-order valence-corrected chi connectivity index (χ3v) is 5.98. The minimum atomic E-state index is -1.53. The van der Waals surface area contributed by atoms with Gasteiger partial charge in [-0.3, -0.25) is 24.0 Å². The molecule has 0 N–H and O–H groups in total. The molecule has 0 aromatic heterocycles. The number of esters is 5. The van der Waals surface area contributed by atoms with Crippen molar-refractivity contribution in [3.63, 3.8) is 0 Å². The Kier molecular flexibility index (Phi) is 11.5. The first-order valence-corrected chi connectivity index (χ1v) is 14.2. The number of ether oxygens (including phenoxy) is 6. The summed E-state index contributed by atoms with van der Waals surface area (Å²) in [5.41, 5.74) is -4.76. The van der Waals surface area contributed by atoms with E-state index in [2.05, 4.69) is 0 Å². The molecule has 42 heavy (non-hydrogen) atoms. The molecule has 0 amide bonds. The highest BCUT2D eigenvalue weighted by Gasteiger charge is 2.57. The largest absolute Gasteiger partial charge is 0.461 e. The van der Waals surface area contributed by atoms with E-state index in [1.54, 1.807) is 104 Å². The smallest absolute Gasteiger partial charge is 0.313 e. The van der Waals surface area contributed by atoms with Crippen molar-refractivity contribution < 1.29 is 52.4 Å². The van der Waals surface area contributed by atoms with E-state index in [9.17, 15) is 24.0 Å². The van der Waals surface area contributed by atoms with Gasteiger partial charge in [0.05, 0.1) is 27.1 Å². The lowest BCUT2D eigenvalue weighted by atomic mass is 9.95. The van der Waals surface area contributed by atoms with Gasteiger partial charge in [-0.2, -0.15) is 0 Å². The van der Waals surface area contributed by atoms with E-state index in [1.807, 2.05) is 0 Å². The lowest BCUT2D eigenvalue weighted by Crippen LogP contribution is -2.50. The molecule has 11 nitrogen and oxygen atoms in total. The molecular weight excluding hydrogens is 548 g/mol. The zero-order valence-corrected chi connectivity index (χ0v) is 28.1. The van der Waals surface area contributed by atoms with Gasteiger partial charge in [0.2, 0.25) is 12.4 Å². The summed E-state index contributed by atoms with van der Waals surface area (Å²) >= 11 is 0. The topological polar surface area (TPSA) is 141 Å². The molecule has 1 unspecified atom stereocenters. The van der Waals surface area contributed by atoms with Crippen molar-refractivity contribution in [1.29, 1.82) is 0 Å². The van der Waals surface area contributed by atoms with Gasteiger partial charge in [0.15, 0.2) is 12.2 Å². The van der Waals surface area contributed by atoms with Crippen molar-refractivity contribution in [3.8, 4) is 0 Å². The number of hydrogen-bond acceptors (Lipinski definition) is 11. The van der Waals surface area contributed by atoms with E-state index >= 15 is 0 Å². The fourth-order valence-corrected chi connectivity index (χ4v) is 3.07. The van der Waals surface area contributed by atoms with Crippen molar-refractivity contribution in [2.24, 2.45) is 27.1 Å². The molecule has 0 bridgehead atoms. The van der Waals surface area contributed by atoms with Crippen LogP contribution in [0.15, 0.2) is 0 Å². The SMILES string of the molecule is CC(C)(C)C(=O)OC[C@@H](OC(=O)C(C)(C)C)[C@@H]1OC(OC(=O)C(C)(C)C)[C@H](OC(=O)C(C)(C)C)[C@H]1OC(=O)C(C)(C)C. The molecule has 1 aliphatic heterocycles. The van der Waals surface area contributed by atoms with Gasteiger partial charge in [0, 0.05) is 0 Å². The first kappa shape index (κ1) is 37.3. The normalized spacial score (nSPS) is 22.5. The molecule has 0 aromatic carbocycles. The van der Waals surface area contributed by atoms with Crippen LogP contribution in [0.4, 0.5) is 0 Å². The quantitative estimate of drug-likeness (QED) is 0.295. The van der Waals surface area contributed by atoms with E-state index in [1.165, 1.54) is 0 Å². The van der Waals surface area contributed by atoms with Crippen LogP contribution in [0.5, 0.6) is 0 Å². The van der Waals surface area contributed by atoms with Gasteiger partial charge < -0.3 is 28.4 Å². The van der Waals surface area contributed by atoms with E-state index < -0.39 is 94.2 Å². The van der Waals surface area contributed by atoms with Crippen LogP contribution in [0.25, 0.3) is 0 Å². The third-order valence-electron chi connectivity index (χ3n) is 5.98. The zero-order chi connectivity index (χ0) is 33.2. The highest BCUT2D eigenvalue weighted by atomic mass is 16.8. The number of carbonyl (C=O) groups is 5. The molecule has 11 heteroatoms. The summed E-state index contributed by atoms with van der Waals surface area (Å²) < 4.78 is 34.7. The fourth-order valence-electron chi connectivity index (χ4n) is 3.07. The Labute approximate surface area is 250 Å². The minimum absolute atomic E-state index is 0.466. The van der Waals surface area contributed by atoms with Crippen LogP contribution < -0.4 is 0 Å². The Morgan fingerprint density at radius 3 is 1.26 bits per heavy atom. The Hall–Kier alpha value is -2.69. The van der Waals surface area contributed by atoms with Crippen LogP contribution in [-0.4, -0.2) is 67.2 Å². The first-order chi connectivity index (χ1) is 18.6. The van der Waals surface area contributed by atoms with Crippen LogP contribution in [0, 0.1) is 27.1 Å². The number of hydrogen-bond donors (Lipinski definition) is 0.